The Balaban J connectivity index is 1.29. The molecule has 2 heterocycles. The van der Waals surface area contributed by atoms with E-state index < -0.39 is 11.2 Å². The topological polar surface area (TPSA) is 67.9 Å². The van der Waals surface area contributed by atoms with Gasteiger partial charge >= 0.3 is 0 Å². The van der Waals surface area contributed by atoms with E-state index in [0.717, 1.165) is 6.42 Å². The summed E-state index contributed by atoms with van der Waals surface area (Å²) in [6.45, 7) is 3.00. The number of benzene rings is 1. The van der Waals surface area contributed by atoms with Crippen molar-refractivity contribution in [3.63, 3.8) is 0 Å². The first-order chi connectivity index (χ1) is 12.6. The molecule has 2 amide bonds. The zero-order valence-electron chi connectivity index (χ0n) is 15.0. The average molecular weight is 358 g/mol. The van der Waals surface area contributed by atoms with Crippen molar-refractivity contribution in [3.05, 3.63) is 35.9 Å². The fourth-order valence-corrected chi connectivity index (χ4v) is 3.94. The van der Waals surface area contributed by atoms with Gasteiger partial charge in [-0.05, 0) is 24.8 Å². The van der Waals surface area contributed by atoms with Crippen LogP contribution in [0.3, 0.4) is 0 Å². The number of nitrogens with zero attached hydrogens (tertiary/aromatic N) is 1. The van der Waals surface area contributed by atoms with E-state index in [2.05, 4.69) is 5.32 Å². The molecule has 0 atom stereocenters. The molecule has 1 aromatic carbocycles. The summed E-state index contributed by atoms with van der Waals surface area (Å²) < 4.78 is 11.4. The zero-order valence-corrected chi connectivity index (χ0v) is 15.0. The Labute approximate surface area is 153 Å². The number of rotatable bonds is 5. The van der Waals surface area contributed by atoms with Gasteiger partial charge in [0, 0.05) is 32.5 Å². The van der Waals surface area contributed by atoms with E-state index >= 15 is 0 Å². The van der Waals surface area contributed by atoms with Gasteiger partial charge in [-0.3, -0.25) is 9.59 Å². The van der Waals surface area contributed by atoms with E-state index in [1.807, 2.05) is 35.2 Å². The third-order valence-corrected chi connectivity index (χ3v) is 5.76. The van der Waals surface area contributed by atoms with E-state index in [-0.39, 0.29) is 11.8 Å². The summed E-state index contributed by atoms with van der Waals surface area (Å²) in [5, 5.41) is 2.97. The summed E-state index contributed by atoms with van der Waals surface area (Å²) in [5.74, 6) is -0.638. The lowest BCUT2D eigenvalue weighted by Crippen LogP contribution is -2.52. The van der Waals surface area contributed by atoms with Crippen LogP contribution in [0.15, 0.2) is 30.3 Å². The van der Waals surface area contributed by atoms with Crippen molar-refractivity contribution in [1.82, 2.24) is 10.2 Å². The van der Waals surface area contributed by atoms with Crippen LogP contribution >= 0.6 is 0 Å². The molecule has 3 fully saturated rings. The van der Waals surface area contributed by atoms with E-state index in [4.69, 9.17) is 9.47 Å². The molecule has 0 radical (unpaired) electrons. The van der Waals surface area contributed by atoms with Gasteiger partial charge in [-0.2, -0.15) is 0 Å². The molecule has 1 aliphatic carbocycles. The van der Waals surface area contributed by atoms with Crippen LogP contribution in [0.25, 0.3) is 0 Å². The summed E-state index contributed by atoms with van der Waals surface area (Å²) in [6.07, 6.45) is 3.45. The fourth-order valence-electron chi connectivity index (χ4n) is 3.94. The third kappa shape index (κ3) is 3.35. The van der Waals surface area contributed by atoms with E-state index in [1.54, 1.807) is 0 Å². The largest absolute Gasteiger partial charge is 0.355 e. The first-order valence-corrected chi connectivity index (χ1v) is 9.53. The second-order valence-electron chi connectivity index (χ2n) is 7.47. The number of piperidine rings is 1. The maximum absolute atomic E-state index is 12.9. The molecule has 1 saturated carbocycles. The maximum atomic E-state index is 12.9. The molecule has 1 spiro atoms. The zero-order chi connectivity index (χ0) is 18.0. The van der Waals surface area contributed by atoms with Gasteiger partial charge in [0.1, 0.15) is 5.41 Å². The maximum Gasteiger partial charge on any atom is 0.238 e. The molecule has 6 nitrogen and oxygen atoms in total. The van der Waals surface area contributed by atoms with Gasteiger partial charge in [0.2, 0.25) is 11.8 Å². The van der Waals surface area contributed by atoms with Crippen LogP contribution in [0.5, 0.6) is 0 Å². The lowest BCUT2D eigenvalue weighted by atomic mass is 9.98. The van der Waals surface area contributed by atoms with E-state index in [0.29, 0.717) is 58.5 Å². The fraction of sp³-hybridized carbons (Fsp3) is 0.600. The highest BCUT2D eigenvalue weighted by Crippen LogP contribution is 2.48. The van der Waals surface area contributed by atoms with Crippen LogP contribution in [0.2, 0.25) is 0 Å². The Hall–Kier alpha value is -1.92. The van der Waals surface area contributed by atoms with Crippen molar-refractivity contribution in [2.24, 2.45) is 5.41 Å². The first-order valence-electron chi connectivity index (χ1n) is 9.53. The monoisotopic (exact) mass is 358 g/mol. The predicted octanol–water partition coefficient (Wildman–Crippen LogP) is 1.49. The molecule has 0 unspecified atom stereocenters. The van der Waals surface area contributed by atoms with Gasteiger partial charge in [-0.15, -0.1) is 0 Å². The second kappa shape index (κ2) is 7.00. The minimum absolute atomic E-state index is 0.0254. The van der Waals surface area contributed by atoms with Gasteiger partial charge in [-0.25, -0.2) is 0 Å². The van der Waals surface area contributed by atoms with Crippen LogP contribution in [-0.2, 0) is 25.5 Å². The third-order valence-electron chi connectivity index (χ3n) is 5.76. The highest BCUT2D eigenvalue weighted by molar-refractivity contribution is 6.07. The van der Waals surface area contributed by atoms with E-state index in [1.165, 1.54) is 5.56 Å². The van der Waals surface area contributed by atoms with Gasteiger partial charge in [0.05, 0.1) is 13.2 Å². The van der Waals surface area contributed by atoms with E-state index in [9.17, 15) is 9.59 Å². The predicted molar refractivity (Wildman–Crippen MR) is 95.3 cm³/mol. The molecule has 1 aromatic rings. The van der Waals surface area contributed by atoms with Crippen molar-refractivity contribution in [3.8, 4) is 0 Å². The molecular weight excluding hydrogens is 332 g/mol. The summed E-state index contributed by atoms with van der Waals surface area (Å²) in [7, 11) is 0. The molecule has 0 bridgehead atoms. The highest BCUT2D eigenvalue weighted by Gasteiger charge is 2.58. The number of amides is 2. The summed E-state index contributed by atoms with van der Waals surface area (Å²) in [4.78, 5) is 27.4. The summed E-state index contributed by atoms with van der Waals surface area (Å²) >= 11 is 0. The molecule has 4 rings (SSSR count). The highest BCUT2D eigenvalue weighted by atomic mass is 16.7. The average Bonchev–Trinajstić information content (AvgIpc) is 3.38. The first kappa shape index (κ1) is 17.5. The Bertz CT molecular complexity index is 656. The standard InChI is InChI=1S/C20H26N2O4/c23-17(21-11-6-16-4-2-1-3-5-16)19(7-8-19)18(24)22-12-9-20(10-13-22)25-14-15-26-20/h1-5H,6-15H2,(H,21,23). The van der Waals surface area contributed by atoms with Crippen LogP contribution in [0.4, 0.5) is 0 Å². The molecule has 6 heteroatoms. The number of carbonyl (C=O) groups is 2. The second-order valence-corrected chi connectivity index (χ2v) is 7.47. The lowest BCUT2D eigenvalue weighted by Gasteiger charge is -2.38. The van der Waals surface area contributed by atoms with Crippen LogP contribution in [0, 0.1) is 5.41 Å². The SMILES string of the molecule is O=C(NCCc1ccccc1)C1(C(=O)N2CCC3(CC2)OCCO3)CC1. The minimum Gasteiger partial charge on any atom is -0.355 e. The Kier molecular flexibility index (Phi) is 4.71. The summed E-state index contributed by atoms with van der Waals surface area (Å²) in [5.41, 5.74) is 0.348. The Morgan fingerprint density at radius 1 is 1.00 bits per heavy atom. The van der Waals surface area contributed by atoms with Gasteiger partial charge < -0.3 is 19.7 Å². The summed E-state index contributed by atoms with van der Waals surface area (Å²) in [6, 6.07) is 10.0. The molecule has 3 aliphatic rings. The van der Waals surface area contributed by atoms with Crippen molar-refractivity contribution >= 4 is 11.8 Å². The molecule has 1 N–H and O–H groups in total. The molecule has 0 aromatic heterocycles. The number of ether oxygens (including phenoxy) is 2. The van der Waals surface area contributed by atoms with Crippen LogP contribution in [0.1, 0.15) is 31.2 Å². The van der Waals surface area contributed by atoms with Crippen molar-refractivity contribution in [1.29, 1.82) is 0 Å². The number of hydrogen-bond acceptors (Lipinski definition) is 4. The molecular formula is C20H26N2O4. The van der Waals surface area contributed by atoms with Crippen molar-refractivity contribution in [2.75, 3.05) is 32.8 Å². The van der Waals surface area contributed by atoms with Gasteiger partial charge in [0.25, 0.3) is 0 Å². The van der Waals surface area contributed by atoms with Gasteiger partial charge in [-0.1, -0.05) is 30.3 Å². The molecule has 140 valence electrons. The molecule has 2 aliphatic heterocycles. The van der Waals surface area contributed by atoms with Crippen LogP contribution < -0.4 is 5.32 Å². The molecule has 2 saturated heterocycles. The Morgan fingerprint density at radius 2 is 1.65 bits per heavy atom. The Morgan fingerprint density at radius 3 is 2.27 bits per heavy atom. The quantitative estimate of drug-likeness (QED) is 0.810. The number of hydrogen-bond donors (Lipinski definition) is 1. The number of carbonyl (C=O) groups excluding carboxylic acids is 2. The van der Waals surface area contributed by atoms with Crippen molar-refractivity contribution < 1.29 is 19.1 Å². The number of likely N-dealkylation sites (tertiary alicyclic amines) is 1. The lowest BCUT2D eigenvalue weighted by molar-refractivity contribution is -0.188. The molecule has 26 heavy (non-hydrogen) atoms. The van der Waals surface area contributed by atoms with Crippen LogP contribution in [-0.4, -0.2) is 55.3 Å². The smallest absolute Gasteiger partial charge is 0.238 e. The normalized spacial score (nSPS) is 23.0. The minimum atomic E-state index is -0.835. The van der Waals surface area contributed by atoms with Gasteiger partial charge in [0.15, 0.2) is 5.79 Å². The number of nitrogens with one attached hydrogen (secondary N) is 1. The van der Waals surface area contributed by atoms with Crippen molar-refractivity contribution in [2.45, 2.75) is 37.9 Å².